The highest BCUT2D eigenvalue weighted by molar-refractivity contribution is 5.49. The standard InChI is InChI=1S/C12H15N5O2/c1-18-10-6-9(14-7-15-10)11-16-12(19-17-11)8-4-2-3-5-13-8/h6-8,13H,2-5H2,1H3/t8-/m0/s1. The molecule has 2 aromatic rings. The molecule has 1 fully saturated rings. The lowest BCUT2D eigenvalue weighted by molar-refractivity contribution is 0.297. The molecule has 0 saturated carbocycles. The largest absolute Gasteiger partial charge is 0.481 e. The maximum atomic E-state index is 5.31. The second-order valence-electron chi connectivity index (χ2n) is 4.40. The van der Waals surface area contributed by atoms with Crippen LogP contribution in [0.1, 0.15) is 31.2 Å². The quantitative estimate of drug-likeness (QED) is 0.892. The molecule has 19 heavy (non-hydrogen) atoms. The lowest BCUT2D eigenvalue weighted by Crippen LogP contribution is -2.26. The Morgan fingerprint density at radius 1 is 1.37 bits per heavy atom. The Kier molecular flexibility index (Phi) is 3.37. The molecule has 0 amide bonds. The van der Waals surface area contributed by atoms with Gasteiger partial charge in [0.25, 0.3) is 0 Å². The van der Waals surface area contributed by atoms with Crippen molar-refractivity contribution in [3.63, 3.8) is 0 Å². The number of ether oxygens (including phenoxy) is 1. The van der Waals surface area contributed by atoms with E-state index in [4.69, 9.17) is 9.26 Å². The van der Waals surface area contributed by atoms with Gasteiger partial charge in [0.15, 0.2) is 0 Å². The molecule has 1 aliphatic rings. The molecule has 2 aromatic heterocycles. The second-order valence-corrected chi connectivity index (χ2v) is 4.40. The van der Waals surface area contributed by atoms with Crippen molar-refractivity contribution >= 4 is 0 Å². The summed E-state index contributed by atoms with van der Waals surface area (Å²) in [6.45, 7) is 0.990. The molecule has 1 saturated heterocycles. The van der Waals surface area contributed by atoms with E-state index in [0.717, 1.165) is 13.0 Å². The number of nitrogens with zero attached hydrogens (tertiary/aromatic N) is 4. The number of methoxy groups -OCH3 is 1. The van der Waals surface area contributed by atoms with E-state index in [2.05, 4.69) is 25.4 Å². The molecule has 3 rings (SSSR count). The highest BCUT2D eigenvalue weighted by Gasteiger charge is 2.21. The first-order valence-corrected chi connectivity index (χ1v) is 6.30. The maximum absolute atomic E-state index is 5.31. The minimum Gasteiger partial charge on any atom is -0.481 e. The molecule has 7 heteroatoms. The summed E-state index contributed by atoms with van der Waals surface area (Å²) in [5.41, 5.74) is 0.595. The average Bonchev–Trinajstić information content (AvgIpc) is 2.98. The van der Waals surface area contributed by atoms with Gasteiger partial charge in [0.2, 0.25) is 17.6 Å². The van der Waals surface area contributed by atoms with Gasteiger partial charge in [-0.05, 0) is 19.4 Å². The first-order chi connectivity index (χ1) is 9.36. The molecule has 0 aromatic carbocycles. The Balaban J connectivity index is 1.83. The monoisotopic (exact) mass is 261 g/mol. The van der Waals surface area contributed by atoms with Gasteiger partial charge < -0.3 is 14.6 Å². The van der Waals surface area contributed by atoms with Crippen molar-refractivity contribution in [1.29, 1.82) is 0 Å². The van der Waals surface area contributed by atoms with Crippen molar-refractivity contribution < 1.29 is 9.26 Å². The Labute approximate surface area is 110 Å². The molecular weight excluding hydrogens is 246 g/mol. The first-order valence-electron chi connectivity index (χ1n) is 6.30. The molecule has 0 radical (unpaired) electrons. The molecule has 0 bridgehead atoms. The van der Waals surface area contributed by atoms with E-state index in [9.17, 15) is 0 Å². The fourth-order valence-corrected chi connectivity index (χ4v) is 2.12. The Hall–Kier alpha value is -2.02. The van der Waals surface area contributed by atoms with Crippen LogP contribution in [-0.2, 0) is 0 Å². The van der Waals surface area contributed by atoms with Crippen molar-refractivity contribution in [3.05, 3.63) is 18.3 Å². The van der Waals surface area contributed by atoms with Gasteiger partial charge in [-0.1, -0.05) is 11.6 Å². The molecule has 1 aliphatic heterocycles. The molecule has 0 spiro atoms. The van der Waals surface area contributed by atoms with Crippen LogP contribution in [-0.4, -0.2) is 33.8 Å². The normalized spacial score (nSPS) is 19.3. The van der Waals surface area contributed by atoms with E-state index in [1.165, 1.54) is 19.2 Å². The zero-order chi connectivity index (χ0) is 13.1. The predicted molar refractivity (Wildman–Crippen MR) is 66.5 cm³/mol. The van der Waals surface area contributed by atoms with Crippen LogP contribution < -0.4 is 10.1 Å². The number of rotatable bonds is 3. The van der Waals surface area contributed by atoms with Gasteiger partial charge in [-0.25, -0.2) is 9.97 Å². The summed E-state index contributed by atoms with van der Waals surface area (Å²) in [7, 11) is 1.56. The van der Waals surface area contributed by atoms with E-state index in [-0.39, 0.29) is 6.04 Å². The summed E-state index contributed by atoms with van der Waals surface area (Å²) in [6, 6.07) is 1.84. The maximum Gasteiger partial charge on any atom is 0.244 e. The topological polar surface area (TPSA) is 86.0 Å². The summed E-state index contributed by atoms with van der Waals surface area (Å²) in [5.74, 6) is 1.56. The molecule has 1 N–H and O–H groups in total. The second kappa shape index (κ2) is 5.31. The van der Waals surface area contributed by atoms with E-state index < -0.39 is 0 Å². The predicted octanol–water partition coefficient (Wildman–Crippen LogP) is 1.35. The Morgan fingerprint density at radius 2 is 2.32 bits per heavy atom. The van der Waals surface area contributed by atoms with Crippen molar-refractivity contribution in [2.24, 2.45) is 0 Å². The van der Waals surface area contributed by atoms with Crippen molar-refractivity contribution in [3.8, 4) is 17.4 Å². The van der Waals surface area contributed by atoms with Crippen LogP contribution in [0.2, 0.25) is 0 Å². The number of hydrogen-bond acceptors (Lipinski definition) is 7. The summed E-state index contributed by atoms with van der Waals surface area (Å²) < 4.78 is 10.4. The minimum absolute atomic E-state index is 0.152. The first kappa shape index (κ1) is 12.0. The zero-order valence-electron chi connectivity index (χ0n) is 10.7. The number of nitrogens with one attached hydrogen (secondary N) is 1. The third-order valence-electron chi connectivity index (χ3n) is 3.13. The Morgan fingerprint density at radius 3 is 3.11 bits per heavy atom. The minimum atomic E-state index is 0.152. The summed E-state index contributed by atoms with van der Waals surface area (Å²) in [6.07, 6.45) is 4.81. The van der Waals surface area contributed by atoms with Crippen LogP contribution in [0.5, 0.6) is 5.88 Å². The van der Waals surface area contributed by atoms with Gasteiger partial charge in [0.05, 0.1) is 13.2 Å². The number of piperidine rings is 1. The average molecular weight is 261 g/mol. The van der Waals surface area contributed by atoms with Gasteiger partial charge in [0, 0.05) is 6.07 Å². The highest BCUT2D eigenvalue weighted by Crippen LogP contribution is 2.24. The SMILES string of the molecule is COc1cc(-c2noc([C@@H]3CCCCN3)n2)ncn1. The van der Waals surface area contributed by atoms with Crippen molar-refractivity contribution in [2.75, 3.05) is 13.7 Å². The van der Waals surface area contributed by atoms with Crippen molar-refractivity contribution in [1.82, 2.24) is 25.4 Å². The van der Waals surface area contributed by atoms with E-state index in [0.29, 0.717) is 23.3 Å². The van der Waals surface area contributed by atoms with E-state index in [1.807, 2.05) is 0 Å². The number of hydrogen-bond donors (Lipinski definition) is 1. The van der Waals surface area contributed by atoms with Gasteiger partial charge in [-0.15, -0.1) is 0 Å². The van der Waals surface area contributed by atoms with Crippen LogP contribution >= 0.6 is 0 Å². The molecule has 100 valence electrons. The molecule has 0 aliphatic carbocycles. The summed E-state index contributed by atoms with van der Waals surface area (Å²) in [5, 5.41) is 7.33. The lowest BCUT2D eigenvalue weighted by Gasteiger charge is -2.19. The molecule has 1 atom stereocenters. The van der Waals surface area contributed by atoms with E-state index in [1.54, 1.807) is 13.2 Å². The van der Waals surface area contributed by atoms with Crippen LogP contribution in [0, 0.1) is 0 Å². The highest BCUT2D eigenvalue weighted by atomic mass is 16.5. The molecular formula is C12H15N5O2. The lowest BCUT2D eigenvalue weighted by atomic mass is 10.1. The molecule has 0 unspecified atom stereocenters. The van der Waals surface area contributed by atoms with Gasteiger partial charge in [-0.3, -0.25) is 0 Å². The number of aromatic nitrogens is 4. The van der Waals surface area contributed by atoms with Gasteiger partial charge in [-0.2, -0.15) is 4.98 Å². The van der Waals surface area contributed by atoms with Crippen LogP contribution in [0.4, 0.5) is 0 Å². The van der Waals surface area contributed by atoms with Crippen LogP contribution in [0.25, 0.3) is 11.5 Å². The third kappa shape index (κ3) is 2.55. The Bertz CT molecular complexity index is 551. The summed E-state index contributed by atoms with van der Waals surface area (Å²) in [4.78, 5) is 12.5. The van der Waals surface area contributed by atoms with Crippen LogP contribution in [0.3, 0.4) is 0 Å². The van der Waals surface area contributed by atoms with E-state index >= 15 is 0 Å². The van der Waals surface area contributed by atoms with Crippen LogP contribution in [0.15, 0.2) is 16.9 Å². The summed E-state index contributed by atoms with van der Waals surface area (Å²) >= 11 is 0. The van der Waals surface area contributed by atoms with Gasteiger partial charge in [0.1, 0.15) is 12.0 Å². The fourth-order valence-electron chi connectivity index (χ4n) is 2.12. The molecule has 7 nitrogen and oxygen atoms in total. The van der Waals surface area contributed by atoms with Crippen molar-refractivity contribution in [2.45, 2.75) is 25.3 Å². The smallest absolute Gasteiger partial charge is 0.244 e. The third-order valence-corrected chi connectivity index (χ3v) is 3.13. The van der Waals surface area contributed by atoms with Gasteiger partial charge >= 0.3 is 0 Å². The molecule has 3 heterocycles. The zero-order valence-corrected chi connectivity index (χ0v) is 10.7. The fraction of sp³-hybridized carbons (Fsp3) is 0.500.